The minimum Gasteiger partial charge on any atom is -0.394 e. The number of hydrogen-bond donors (Lipinski definition) is 2. The van der Waals surface area contributed by atoms with Crippen LogP contribution in [-0.2, 0) is 0 Å². The zero-order chi connectivity index (χ0) is 9.56. The van der Waals surface area contributed by atoms with E-state index >= 15 is 0 Å². The second-order valence-corrected chi connectivity index (χ2v) is 2.65. The Morgan fingerprint density at radius 1 is 1.58 bits per heavy atom. The number of hydrogen-bond acceptors (Lipinski definition) is 2. The van der Waals surface area contributed by atoms with Gasteiger partial charge < -0.3 is 15.3 Å². The topological polar surface area (TPSA) is 52.6 Å². The molecule has 4 nitrogen and oxygen atoms in total. The molecule has 2 amide bonds. The van der Waals surface area contributed by atoms with Crippen molar-refractivity contribution in [1.82, 2.24) is 10.2 Å². The SMILES string of the molecule is CCNC(=O)N(CC)C(C)CO. The molecule has 1 atom stereocenters. The Kier molecular flexibility index (Phi) is 5.45. The maximum atomic E-state index is 11.3. The average molecular weight is 174 g/mol. The summed E-state index contributed by atoms with van der Waals surface area (Å²) in [7, 11) is 0. The largest absolute Gasteiger partial charge is 0.394 e. The van der Waals surface area contributed by atoms with Gasteiger partial charge in [-0.1, -0.05) is 0 Å². The monoisotopic (exact) mass is 174 g/mol. The maximum Gasteiger partial charge on any atom is 0.317 e. The first-order valence-electron chi connectivity index (χ1n) is 4.32. The molecule has 0 aliphatic rings. The summed E-state index contributed by atoms with van der Waals surface area (Å²) < 4.78 is 0. The molecule has 2 N–H and O–H groups in total. The van der Waals surface area contributed by atoms with E-state index in [0.717, 1.165) is 0 Å². The van der Waals surface area contributed by atoms with Gasteiger partial charge in [0, 0.05) is 13.1 Å². The van der Waals surface area contributed by atoms with Crippen LogP contribution in [-0.4, -0.2) is 41.8 Å². The van der Waals surface area contributed by atoms with Gasteiger partial charge in [0.05, 0.1) is 12.6 Å². The number of nitrogens with one attached hydrogen (secondary N) is 1. The summed E-state index contributed by atoms with van der Waals surface area (Å²) >= 11 is 0. The van der Waals surface area contributed by atoms with Crippen molar-refractivity contribution in [2.45, 2.75) is 26.8 Å². The van der Waals surface area contributed by atoms with E-state index in [1.807, 2.05) is 20.8 Å². The third-order valence-corrected chi connectivity index (χ3v) is 1.73. The smallest absolute Gasteiger partial charge is 0.317 e. The van der Waals surface area contributed by atoms with Gasteiger partial charge in [0.1, 0.15) is 0 Å². The number of amides is 2. The van der Waals surface area contributed by atoms with E-state index in [2.05, 4.69) is 5.32 Å². The normalized spacial score (nSPS) is 12.3. The molecular weight excluding hydrogens is 156 g/mol. The lowest BCUT2D eigenvalue weighted by Gasteiger charge is -2.26. The van der Waals surface area contributed by atoms with Crippen LogP contribution in [0.5, 0.6) is 0 Å². The Morgan fingerprint density at radius 2 is 2.17 bits per heavy atom. The average Bonchev–Trinajstić information content (AvgIpc) is 2.06. The Morgan fingerprint density at radius 3 is 2.50 bits per heavy atom. The number of carbonyl (C=O) groups is 1. The molecule has 0 aromatic carbocycles. The summed E-state index contributed by atoms with van der Waals surface area (Å²) in [5, 5.41) is 11.5. The molecule has 0 aromatic rings. The standard InChI is InChI=1S/C8H18N2O2/c1-4-9-8(12)10(5-2)7(3)6-11/h7,11H,4-6H2,1-3H3,(H,9,12). The number of aliphatic hydroxyl groups is 1. The van der Waals surface area contributed by atoms with Gasteiger partial charge in [-0.15, -0.1) is 0 Å². The lowest BCUT2D eigenvalue weighted by Crippen LogP contribution is -2.46. The van der Waals surface area contributed by atoms with Crippen molar-refractivity contribution in [2.75, 3.05) is 19.7 Å². The van der Waals surface area contributed by atoms with E-state index in [1.165, 1.54) is 0 Å². The van der Waals surface area contributed by atoms with Crippen LogP contribution in [0.15, 0.2) is 0 Å². The summed E-state index contributed by atoms with van der Waals surface area (Å²) in [6, 6.07) is -0.219. The molecule has 0 heterocycles. The van der Waals surface area contributed by atoms with E-state index in [9.17, 15) is 4.79 Å². The molecule has 0 fully saturated rings. The molecule has 0 spiro atoms. The minimum absolute atomic E-state index is 0.00493. The van der Waals surface area contributed by atoms with Gasteiger partial charge in [-0.05, 0) is 20.8 Å². The lowest BCUT2D eigenvalue weighted by atomic mass is 10.3. The number of likely N-dealkylation sites (N-methyl/N-ethyl adjacent to an activating group) is 1. The van der Waals surface area contributed by atoms with E-state index in [-0.39, 0.29) is 18.7 Å². The molecule has 72 valence electrons. The highest BCUT2D eigenvalue weighted by Crippen LogP contribution is 1.97. The highest BCUT2D eigenvalue weighted by molar-refractivity contribution is 5.74. The first-order valence-corrected chi connectivity index (χ1v) is 4.32. The van der Waals surface area contributed by atoms with Gasteiger partial charge in [0.15, 0.2) is 0 Å². The maximum absolute atomic E-state index is 11.3. The van der Waals surface area contributed by atoms with Gasteiger partial charge in [-0.25, -0.2) is 4.79 Å². The molecule has 1 unspecified atom stereocenters. The van der Waals surface area contributed by atoms with Crippen molar-refractivity contribution in [1.29, 1.82) is 0 Å². The van der Waals surface area contributed by atoms with E-state index in [4.69, 9.17) is 5.11 Å². The summed E-state index contributed by atoms with van der Waals surface area (Å²) in [6.45, 7) is 6.82. The second-order valence-electron chi connectivity index (χ2n) is 2.65. The summed E-state index contributed by atoms with van der Waals surface area (Å²) in [4.78, 5) is 12.9. The molecule has 12 heavy (non-hydrogen) atoms. The first-order chi connectivity index (χ1) is 5.67. The van der Waals surface area contributed by atoms with Crippen LogP contribution in [0.25, 0.3) is 0 Å². The zero-order valence-corrected chi connectivity index (χ0v) is 8.00. The molecule has 0 aliphatic carbocycles. The zero-order valence-electron chi connectivity index (χ0n) is 8.00. The van der Waals surface area contributed by atoms with Gasteiger partial charge >= 0.3 is 6.03 Å². The Labute approximate surface area is 73.6 Å². The molecule has 0 saturated heterocycles. The van der Waals surface area contributed by atoms with Crippen LogP contribution in [0.2, 0.25) is 0 Å². The van der Waals surface area contributed by atoms with Crippen LogP contribution >= 0.6 is 0 Å². The predicted molar refractivity (Wildman–Crippen MR) is 48.0 cm³/mol. The van der Waals surface area contributed by atoms with Crippen molar-refractivity contribution in [2.24, 2.45) is 0 Å². The molecule has 0 rings (SSSR count). The molecule has 0 saturated carbocycles. The third kappa shape index (κ3) is 3.09. The number of urea groups is 1. The number of aliphatic hydroxyl groups excluding tert-OH is 1. The van der Waals surface area contributed by atoms with E-state index < -0.39 is 0 Å². The van der Waals surface area contributed by atoms with Gasteiger partial charge in [0.25, 0.3) is 0 Å². The van der Waals surface area contributed by atoms with Crippen molar-refractivity contribution in [3.05, 3.63) is 0 Å². The fourth-order valence-corrected chi connectivity index (χ4v) is 1.01. The van der Waals surface area contributed by atoms with Crippen molar-refractivity contribution in [3.63, 3.8) is 0 Å². The molecular formula is C8H18N2O2. The predicted octanol–water partition coefficient (Wildman–Crippen LogP) is 0.419. The van der Waals surface area contributed by atoms with Crippen LogP contribution in [0, 0.1) is 0 Å². The number of carbonyl (C=O) groups excluding carboxylic acids is 1. The van der Waals surface area contributed by atoms with Crippen molar-refractivity contribution >= 4 is 6.03 Å². The Bertz CT molecular complexity index is 139. The van der Waals surface area contributed by atoms with Gasteiger partial charge in [-0.3, -0.25) is 0 Å². The molecule has 0 radical (unpaired) electrons. The third-order valence-electron chi connectivity index (χ3n) is 1.73. The van der Waals surface area contributed by atoms with Gasteiger partial charge in [-0.2, -0.15) is 0 Å². The van der Waals surface area contributed by atoms with Crippen LogP contribution < -0.4 is 5.32 Å². The van der Waals surface area contributed by atoms with Crippen LogP contribution in [0.4, 0.5) is 4.79 Å². The van der Waals surface area contributed by atoms with Crippen molar-refractivity contribution in [3.8, 4) is 0 Å². The fourth-order valence-electron chi connectivity index (χ4n) is 1.01. The highest BCUT2D eigenvalue weighted by Gasteiger charge is 2.15. The second kappa shape index (κ2) is 5.83. The van der Waals surface area contributed by atoms with Crippen LogP contribution in [0.3, 0.4) is 0 Å². The summed E-state index contributed by atoms with van der Waals surface area (Å²) in [5.74, 6) is 0. The molecule has 0 bridgehead atoms. The van der Waals surface area contributed by atoms with E-state index in [0.29, 0.717) is 13.1 Å². The van der Waals surface area contributed by atoms with Gasteiger partial charge in [0.2, 0.25) is 0 Å². The first kappa shape index (κ1) is 11.2. The summed E-state index contributed by atoms with van der Waals surface area (Å²) in [6.07, 6.45) is 0. The Balaban J connectivity index is 4.04. The lowest BCUT2D eigenvalue weighted by molar-refractivity contribution is 0.145. The summed E-state index contributed by atoms with van der Waals surface area (Å²) in [5.41, 5.74) is 0. The van der Waals surface area contributed by atoms with E-state index in [1.54, 1.807) is 4.90 Å². The Hall–Kier alpha value is -0.770. The highest BCUT2D eigenvalue weighted by atomic mass is 16.3. The van der Waals surface area contributed by atoms with Crippen LogP contribution in [0.1, 0.15) is 20.8 Å². The number of rotatable bonds is 4. The quantitative estimate of drug-likeness (QED) is 0.649. The minimum atomic E-state index is -0.110. The molecule has 4 heteroatoms. The van der Waals surface area contributed by atoms with Crippen molar-refractivity contribution < 1.29 is 9.90 Å². The number of nitrogens with zero attached hydrogens (tertiary/aromatic N) is 1. The molecule has 0 aromatic heterocycles. The fraction of sp³-hybridized carbons (Fsp3) is 0.875. The molecule has 0 aliphatic heterocycles.